The van der Waals surface area contributed by atoms with Gasteiger partial charge in [-0.3, -0.25) is 9.59 Å². The van der Waals surface area contributed by atoms with E-state index in [2.05, 4.69) is 0 Å². The minimum Gasteiger partial charge on any atom is -0.460 e. The molecular weight excluding hydrogens is 440 g/mol. The number of hydrogen-bond donors (Lipinski definition) is 0. The van der Waals surface area contributed by atoms with Gasteiger partial charge in [-0.05, 0) is 38.7 Å². The van der Waals surface area contributed by atoms with E-state index in [-0.39, 0.29) is 35.9 Å². The average molecular weight is 479 g/mol. The number of hydrogen-bond acceptors (Lipinski definition) is 8. The highest BCUT2D eigenvalue weighted by Crippen LogP contribution is 2.49. The zero-order chi connectivity index (χ0) is 25.3. The molecule has 3 heterocycles. The number of methoxy groups -OCH3 is 1. The third-order valence-electron chi connectivity index (χ3n) is 7.48. The van der Waals surface area contributed by atoms with E-state index >= 15 is 0 Å². The largest absolute Gasteiger partial charge is 0.460 e. The van der Waals surface area contributed by atoms with Crippen LogP contribution in [0.1, 0.15) is 73.6 Å². The van der Waals surface area contributed by atoms with Crippen LogP contribution in [-0.2, 0) is 38.1 Å². The number of fused-ring (bicyclic) bond motifs is 3. The Morgan fingerprint density at radius 1 is 1.15 bits per heavy atom. The summed E-state index contributed by atoms with van der Waals surface area (Å²) in [5.41, 5.74) is -0.0807. The summed E-state index contributed by atoms with van der Waals surface area (Å²) in [6, 6.07) is 0. The molecule has 3 unspecified atom stereocenters. The Hall–Kier alpha value is -2.19. The molecule has 2 bridgehead atoms. The molecule has 0 aromatic carbocycles. The van der Waals surface area contributed by atoms with E-state index in [4.69, 9.17) is 23.7 Å². The van der Waals surface area contributed by atoms with Crippen molar-refractivity contribution < 1.29 is 38.1 Å². The van der Waals surface area contributed by atoms with Crippen LogP contribution in [0, 0.1) is 17.8 Å². The molecular formula is C26H38O8. The van der Waals surface area contributed by atoms with Crippen LogP contribution in [-0.4, -0.2) is 49.1 Å². The second kappa shape index (κ2) is 10.2. The van der Waals surface area contributed by atoms with Crippen molar-refractivity contribution in [3.63, 3.8) is 0 Å². The zero-order valence-electron chi connectivity index (χ0n) is 21.4. The van der Waals surface area contributed by atoms with Gasteiger partial charge >= 0.3 is 17.9 Å². The maximum Gasteiger partial charge on any atom is 0.343 e. The summed E-state index contributed by atoms with van der Waals surface area (Å²) in [6.07, 6.45) is 3.94. The first kappa shape index (κ1) is 26.4. The Morgan fingerprint density at radius 3 is 2.41 bits per heavy atom. The summed E-state index contributed by atoms with van der Waals surface area (Å²) in [4.78, 5) is 38.1. The lowest BCUT2D eigenvalue weighted by Crippen LogP contribution is -2.42. The van der Waals surface area contributed by atoms with Crippen molar-refractivity contribution in [3.8, 4) is 0 Å². The molecule has 0 amide bonds. The quantitative estimate of drug-likeness (QED) is 0.378. The molecule has 8 nitrogen and oxygen atoms in total. The maximum absolute atomic E-state index is 12.9. The fraction of sp³-hybridized carbons (Fsp3) is 0.731. The van der Waals surface area contributed by atoms with Crippen molar-refractivity contribution in [2.24, 2.45) is 17.8 Å². The standard InChI is InChI=1S/C26H38O8/c1-8-15(3)22(27)31-14-18-21-19(32-23(28)16(4)9-2)12-17(5)26(30-7)11-10-25(6,34-26)13-20(21)33-24(18)29/h13,15-17,19H,8-12,14H2,1-7H3/b20-13+/t15?,16?,17-,19?,25-,26+/m1/s1. The molecule has 0 aromatic rings. The molecule has 0 saturated carbocycles. The van der Waals surface area contributed by atoms with Crippen molar-refractivity contribution in [1.29, 1.82) is 0 Å². The Morgan fingerprint density at radius 2 is 1.79 bits per heavy atom. The van der Waals surface area contributed by atoms with E-state index < -0.39 is 29.4 Å². The monoisotopic (exact) mass is 478 g/mol. The lowest BCUT2D eigenvalue weighted by molar-refractivity contribution is -0.255. The van der Waals surface area contributed by atoms with Gasteiger partial charge in [0.25, 0.3) is 0 Å². The van der Waals surface area contributed by atoms with Crippen LogP contribution in [0.2, 0.25) is 0 Å². The summed E-state index contributed by atoms with van der Waals surface area (Å²) < 4.78 is 29.4. The molecule has 1 saturated heterocycles. The third kappa shape index (κ3) is 5.08. The van der Waals surface area contributed by atoms with Gasteiger partial charge in [0.05, 0.1) is 23.0 Å². The average Bonchev–Trinajstić information content (AvgIpc) is 3.32. The second-order valence-electron chi connectivity index (χ2n) is 10.0. The van der Waals surface area contributed by atoms with Crippen molar-refractivity contribution in [2.45, 2.75) is 91.1 Å². The fourth-order valence-corrected chi connectivity index (χ4v) is 4.66. The van der Waals surface area contributed by atoms with Gasteiger partial charge in [-0.2, -0.15) is 0 Å². The van der Waals surface area contributed by atoms with Crippen LogP contribution < -0.4 is 0 Å². The predicted octanol–water partition coefficient (Wildman–Crippen LogP) is 4.22. The molecule has 3 aliphatic rings. The van der Waals surface area contributed by atoms with Gasteiger partial charge in [-0.15, -0.1) is 0 Å². The molecule has 0 aromatic heterocycles. The van der Waals surface area contributed by atoms with Crippen molar-refractivity contribution >= 4 is 17.9 Å². The van der Waals surface area contributed by atoms with Crippen LogP contribution >= 0.6 is 0 Å². The highest BCUT2D eigenvalue weighted by atomic mass is 16.7. The number of carbonyl (C=O) groups excluding carboxylic acids is 3. The van der Waals surface area contributed by atoms with Gasteiger partial charge in [0.2, 0.25) is 0 Å². The first-order valence-corrected chi connectivity index (χ1v) is 12.3. The highest BCUT2D eigenvalue weighted by Gasteiger charge is 2.53. The fourth-order valence-electron chi connectivity index (χ4n) is 4.66. The van der Waals surface area contributed by atoms with E-state index in [9.17, 15) is 14.4 Å². The summed E-state index contributed by atoms with van der Waals surface area (Å²) in [6.45, 7) is 11.1. The van der Waals surface area contributed by atoms with Gasteiger partial charge in [0.15, 0.2) is 5.79 Å². The van der Waals surface area contributed by atoms with E-state index in [1.807, 2.05) is 27.7 Å². The molecule has 190 valence electrons. The molecule has 8 heteroatoms. The van der Waals surface area contributed by atoms with E-state index in [0.29, 0.717) is 43.4 Å². The van der Waals surface area contributed by atoms with Gasteiger partial charge in [-0.1, -0.05) is 34.6 Å². The predicted molar refractivity (Wildman–Crippen MR) is 123 cm³/mol. The van der Waals surface area contributed by atoms with Gasteiger partial charge in [-0.25, -0.2) is 4.79 Å². The van der Waals surface area contributed by atoms with Crippen LogP contribution in [0.3, 0.4) is 0 Å². The summed E-state index contributed by atoms with van der Waals surface area (Å²) >= 11 is 0. The molecule has 1 fully saturated rings. The zero-order valence-corrected chi connectivity index (χ0v) is 21.4. The van der Waals surface area contributed by atoms with Gasteiger partial charge in [0, 0.05) is 25.0 Å². The first-order valence-electron chi connectivity index (χ1n) is 12.3. The molecule has 0 N–H and O–H groups in total. The van der Waals surface area contributed by atoms with Gasteiger partial charge in [0.1, 0.15) is 18.5 Å². The maximum atomic E-state index is 12.9. The molecule has 3 rings (SSSR count). The van der Waals surface area contributed by atoms with Crippen molar-refractivity contribution in [3.05, 3.63) is 23.0 Å². The molecule has 6 atom stereocenters. The summed E-state index contributed by atoms with van der Waals surface area (Å²) in [7, 11) is 1.62. The first-order chi connectivity index (χ1) is 16.0. The summed E-state index contributed by atoms with van der Waals surface area (Å²) in [5.74, 6) is -2.65. The van der Waals surface area contributed by atoms with Crippen molar-refractivity contribution in [2.75, 3.05) is 13.7 Å². The Kier molecular flexibility index (Phi) is 7.92. The van der Waals surface area contributed by atoms with Crippen molar-refractivity contribution in [1.82, 2.24) is 0 Å². The van der Waals surface area contributed by atoms with E-state index in [0.717, 1.165) is 0 Å². The lowest BCUT2D eigenvalue weighted by atomic mass is 9.85. The SMILES string of the molecule is CCC(C)C(=O)OCC1=C2/C(=C\[C@@]3(C)CC[C@](OC)(O3)[C@H](C)CC2OC(=O)C(C)CC)OC1=O. The minimum absolute atomic E-state index is 0.158. The number of rotatable bonds is 8. The Labute approximate surface area is 202 Å². The number of carbonyl (C=O) groups is 3. The normalized spacial score (nSPS) is 34.1. The molecule has 34 heavy (non-hydrogen) atoms. The van der Waals surface area contributed by atoms with Gasteiger partial charge < -0.3 is 23.7 Å². The van der Waals surface area contributed by atoms with E-state index in [1.165, 1.54) is 0 Å². The van der Waals surface area contributed by atoms with E-state index in [1.54, 1.807) is 27.0 Å². The number of esters is 3. The van der Waals surface area contributed by atoms with Crippen LogP contribution in [0.4, 0.5) is 0 Å². The minimum atomic E-state index is -0.848. The Balaban J connectivity index is 2.07. The Bertz CT molecular complexity index is 889. The molecule has 0 spiro atoms. The topological polar surface area (TPSA) is 97.4 Å². The van der Waals surface area contributed by atoms with Crippen LogP contribution in [0.25, 0.3) is 0 Å². The molecule has 3 aliphatic heterocycles. The summed E-state index contributed by atoms with van der Waals surface area (Å²) in [5, 5.41) is 0. The smallest absolute Gasteiger partial charge is 0.343 e. The third-order valence-corrected chi connectivity index (χ3v) is 7.48. The molecule has 0 aliphatic carbocycles. The highest BCUT2D eigenvalue weighted by molar-refractivity contribution is 5.95. The second-order valence-corrected chi connectivity index (χ2v) is 10.0. The lowest BCUT2D eigenvalue weighted by Gasteiger charge is -2.36. The number of ether oxygens (including phenoxy) is 5. The molecule has 0 radical (unpaired) electrons. The van der Waals surface area contributed by atoms with Crippen LogP contribution in [0.5, 0.6) is 0 Å². The van der Waals surface area contributed by atoms with Crippen LogP contribution in [0.15, 0.2) is 23.0 Å².